The molecule has 4 atom stereocenters. The van der Waals surface area contributed by atoms with Crippen LogP contribution in [0, 0.1) is 5.92 Å². The molecule has 2 heterocycles. The fraction of sp³-hybridized carbons (Fsp3) is 0.714. The highest BCUT2D eigenvalue weighted by molar-refractivity contribution is 7.99. The van der Waals surface area contributed by atoms with Crippen LogP contribution in [0.15, 0.2) is 0 Å². The molecule has 0 spiro atoms. The van der Waals surface area contributed by atoms with E-state index in [9.17, 15) is 39.0 Å². The number of hydrogen-bond acceptors (Lipinski definition) is 10. The molecule has 1 aliphatic carbocycles. The third kappa shape index (κ3) is 7.07. The molecule has 2 N–H and O–H groups in total. The topological polar surface area (TPSA) is 188 Å². The summed E-state index contributed by atoms with van der Waals surface area (Å²) >= 11 is 1.30. The molecule has 0 bridgehead atoms. The number of hydrogen-bond donors (Lipinski definition) is 2. The van der Waals surface area contributed by atoms with E-state index in [0.717, 1.165) is 22.6 Å². The van der Waals surface area contributed by atoms with E-state index in [4.69, 9.17) is 4.74 Å². The number of thioether (sulfide) groups is 1. The lowest BCUT2D eigenvalue weighted by molar-refractivity contribution is -0.311. The van der Waals surface area contributed by atoms with Gasteiger partial charge in [0.1, 0.15) is 13.2 Å². The molecule has 13 nitrogen and oxygen atoms in total. The number of ether oxygens (including phenoxy) is 1. The Balaban J connectivity index is 1.49. The molecular formula is C21H28N4O9S-2. The number of carboxylic acid groups (broad SMARTS) is 2. The SMILES string of the molecule is CSCC(=O)N[C@H]1C[C@@H](C(=O)[O-])N(C(=O)COCC(=O)N2C[C@@H](NC(=O)C3CC3)C[C@H]2C(=O)[O-])C1. The first kappa shape index (κ1) is 26.7. The van der Waals surface area contributed by atoms with Crippen molar-refractivity contribution in [1.82, 2.24) is 20.4 Å². The van der Waals surface area contributed by atoms with Crippen molar-refractivity contribution in [2.75, 3.05) is 38.3 Å². The zero-order valence-electron chi connectivity index (χ0n) is 19.2. The number of amides is 4. The molecule has 4 amide bonds. The van der Waals surface area contributed by atoms with Gasteiger partial charge in [-0.15, -0.1) is 0 Å². The molecule has 3 fully saturated rings. The van der Waals surface area contributed by atoms with Gasteiger partial charge in [0.25, 0.3) is 0 Å². The smallest absolute Gasteiger partial charge is 0.249 e. The van der Waals surface area contributed by atoms with Gasteiger partial charge >= 0.3 is 0 Å². The molecule has 0 aromatic rings. The molecule has 35 heavy (non-hydrogen) atoms. The molecule has 194 valence electrons. The van der Waals surface area contributed by atoms with Gasteiger partial charge in [0.15, 0.2) is 0 Å². The number of aliphatic carboxylic acids is 2. The van der Waals surface area contributed by atoms with Crippen molar-refractivity contribution in [2.24, 2.45) is 5.92 Å². The summed E-state index contributed by atoms with van der Waals surface area (Å²) in [6.45, 7) is -1.30. The standard InChI is InChI=1S/C21H30N4O9S/c1-35-10-16(26)22-12-4-14(20(30)31)24(6-12)17(27)8-34-9-18(28)25-7-13(5-15(25)21(32)33)23-19(29)11-2-3-11/h11-15H,2-10H2,1H3,(H,22,26)(H,23,29)(H,30,31)(H,32,33)/p-2/t12-,13-,14-,15-/m0/s1. The average molecular weight is 513 g/mol. The predicted molar refractivity (Wildman–Crippen MR) is 116 cm³/mol. The first-order valence-corrected chi connectivity index (χ1v) is 12.7. The number of rotatable bonds is 11. The summed E-state index contributed by atoms with van der Waals surface area (Å²) in [7, 11) is 0. The Morgan fingerprint density at radius 3 is 1.77 bits per heavy atom. The zero-order chi connectivity index (χ0) is 25.7. The van der Waals surface area contributed by atoms with Gasteiger partial charge in [-0.25, -0.2) is 0 Å². The number of likely N-dealkylation sites (tertiary alicyclic amines) is 2. The van der Waals surface area contributed by atoms with Crippen LogP contribution in [0.4, 0.5) is 0 Å². The van der Waals surface area contributed by atoms with E-state index in [-0.39, 0.29) is 49.4 Å². The molecule has 1 saturated carbocycles. The summed E-state index contributed by atoms with van der Waals surface area (Å²) < 4.78 is 5.17. The Labute approximate surface area is 205 Å². The van der Waals surface area contributed by atoms with Crippen molar-refractivity contribution in [2.45, 2.75) is 49.9 Å². The summed E-state index contributed by atoms with van der Waals surface area (Å²) in [6.07, 6.45) is 3.31. The second-order valence-electron chi connectivity index (χ2n) is 8.90. The number of carbonyl (C=O) groups is 6. The van der Waals surface area contributed by atoms with Gasteiger partial charge in [-0.05, 0) is 31.9 Å². The van der Waals surface area contributed by atoms with Gasteiger partial charge in [-0.3, -0.25) is 19.2 Å². The molecule has 0 aromatic heterocycles. The van der Waals surface area contributed by atoms with Crippen LogP contribution in [0.2, 0.25) is 0 Å². The second kappa shape index (κ2) is 11.7. The lowest BCUT2D eigenvalue weighted by Gasteiger charge is -2.26. The molecular weight excluding hydrogens is 484 g/mol. The van der Waals surface area contributed by atoms with Gasteiger partial charge in [0.05, 0.1) is 29.8 Å². The lowest BCUT2D eigenvalue weighted by atomic mass is 10.1. The molecule has 0 unspecified atom stereocenters. The summed E-state index contributed by atoms with van der Waals surface area (Å²) in [5.74, 6) is -4.65. The van der Waals surface area contributed by atoms with E-state index in [1.165, 1.54) is 11.8 Å². The second-order valence-corrected chi connectivity index (χ2v) is 9.77. The van der Waals surface area contributed by atoms with Crippen LogP contribution in [0.1, 0.15) is 25.7 Å². The fourth-order valence-electron chi connectivity index (χ4n) is 4.34. The number of carboxylic acids is 2. The minimum absolute atomic E-state index is 0.0101. The maximum Gasteiger partial charge on any atom is 0.249 e. The number of carbonyl (C=O) groups excluding carboxylic acids is 6. The predicted octanol–water partition coefficient (Wildman–Crippen LogP) is -4.55. The third-order valence-corrected chi connectivity index (χ3v) is 6.72. The molecule has 3 aliphatic rings. The summed E-state index contributed by atoms with van der Waals surface area (Å²) in [6, 6.07) is -3.57. The normalized spacial score (nSPS) is 25.9. The molecule has 2 saturated heterocycles. The van der Waals surface area contributed by atoms with E-state index < -0.39 is 61.1 Å². The van der Waals surface area contributed by atoms with Crippen molar-refractivity contribution >= 4 is 47.3 Å². The number of nitrogens with one attached hydrogen (secondary N) is 2. The van der Waals surface area contributed by atoms with Crippen LogP contribution in [0.3, 0.4) is 0 Å². The largest absolute Gasteiger partial charge is 0.548 e. The van der Waals surface area contributed by atoms with Gasteiger partial charge in [-0.2, -0.15) is 11.8 Å². The van der Waals surface area contributed by atoms with Crippen LogP contribution >= 0.6 is 11.8 Å². The van der Waals surface area contributed by atoms with Crippen molar-refractivity contribution in [3.63, 3.8) is 0 Å². The van der Waals surface area contributed by atoms with Crippen LogP contribution in [-0.2, 0) is 33.5 Å². The van der Waals surface area contributed by atoms with Crippen molar-refractivity contribution < 1.29 is 43.7 Å². The monoisotopic (exact) mass is 512 g/mol. The minimum Gasteiger partial charge on any atom is -0.548 e. The highest BCUT2D eigenvalue weighted by atomic mass is 32.2. The Hall–Kier alpha value is -2.87. The van der Waals surface area contributed by atoms with Gasteiger partial charge < -0.3 is 45.0 Å². The van der Waals surface area contributed by atoms with Crippen LogP contribution < -0.4 is 20.8 Å². The van der Waals surface area contributed by atoms with Crippen LogP contribution in [-0.4, -0.2) is 108 Å². The molecule has 0 radical (unpaired) electrons. The van der Waals surface area contributed by atoms with Crippen molar-refractivity contribution in [1.29, 1.82) is 0 Å². The first-order valence-electron chi connectivity index (χ1n) is 11.3. The zero-order valence-corrected chi connectivity index (χ0v) is 20.0. The highest BCUT2D eigenvalue weighted by Gasteiger charge is 2.40. The quantitative estimate of drug-likeness (QED) is 0.273. The van der Waals surface area contributed by atoms with Gasteiger partial charge in [0, 0.05) is 31.1 Å². The maximum atomic E-state index is 12.6. The average Bonchev–Trinajstić information content (AvgIpc) is 3.42. The van der Waals surface area contributed by atoms with Gasteiger partial charge in [-0.1, -0.05) is 0 Å². The van der Waals surface area contributed by atoms with E-state index in [0.29, 0.717) is 0 Å². The molecule has 0 aromatic carbocycles. The number of nitrogens with zero attached hydrogens (tertiary/aromatic N) is 2. The summed E-state index contributed by atoms with van der Waals surface area (Å²) in [5.41, 5.74) is 0. The summed E-state index contributed by atoms with van der Waals surface area (Å²) in [4.78, 5) is 73.9. The van der Waals surface area contributed by atoms with E-state index in [2.05, 4.69) is 10.6 Å². The Bertz CT molecular complexity index is 881. The first-order chi connectivity index (χ1) is 16.6. The third-order valence-electron chi connectivity index (χ3n) is 6.17. The van der Waals surface area contributed by atoms with Crippen LogP contribution in [0.5, 0.6) is 0 Å². The fourth-order valence-corrected chi connectivity index (χ4v) is 4.68. The molecule has 14 heteroatoms. The maximum absolute atomic E-state index is 12.6. The van der Waals surface area contributed by atoms with E-state index in [1.807, 2.05) is 0 Å². The Kier molecular flexibility index (Phi) is 8.94. The van der Waals surface area contributed by atoms with Gasteiger partial charge in [0.2, 0.25) is 23.6 Å². The van der Waals surface area contributed by atoms with Crippen LogP contribution in [0.25, 0.3) is 0 Å². The molecule has 3 rings (SSSR count). The lowest BCUT2D eigenvalue weighted by Crippen LogP contribution is -2.49. The van der Waals surface area contributed by atoms with E-state index >= 15 is 0 Å². The minimum atomic E-state index is -1.47. The molecule has 2 aliphatic heterocycles. The van der Waals surface area contributed by atoms with E-state index in [1.54, 1.807) is 6.26 Å². The summed E-state index contributed by atoms with van der Waals surface area (Å²) in [5, 5.41) is 28.4. The Morgan fingerprint density at radius 1 is 0.857 bits per heavy atom. The Morgan fingerprint density at radius 2 is 1.34 bits per heavy atom. The van der Waals surface area contributed by atoms with Crippen molar-refractivity contribution in [3.8, 4) is 0 Å². The van der Waals surface area contributed by atoms with Crippen molar-refractivity contribution in [3.05, 3.63) is 0 Å². The highest BCUT2D eigenvalue weighted by Crippen LogP contribution is 2.29.